The van der Waals surface area contributed by atoms with E-state index in [1.165, 1.54) is 25.3 Å². The lowest BCUT2D eigenvalue weighted by molar-refractivity contribution is 0.0697. The molecule has 110 valence electrons. The lowest BCUT2D eigenvalue weighted by atomic mass is 10.2. The molecular formula is C13H17NO5S. The minimum absolute atomic E-state index is 0.00919. The van der Waals surface area contributed by atoms with E-state index in [-0.39, 0.29) is 11.3 Å². The van der Waals surface area contributed by atoms with E-state index in [1.54, 1.807) is 0 Å². The van der Waals surface area contributed by atoms with Crippen molar-refractivity contribution in [3.05, 3.63) is 23.8 Å². The molecule has 1 aromatic rings. The van der Waals surface area contributed by atoms with Gasteiger partial charge in [-0.05, 0) is 31.0 Å². The number of carboxylic acids is 1. The highest BCUT2D eigenvalue weighted by molar-refractivity contribution is 7.93. The molecule has 1 saturated carbocycles. The fourth-order valence-electron chi connectivity index (χ4n) is 2.36. The molecular weight excluding hydrogens is 282 g/mol. The number of hydrogen-bond acceptors (Lipinski definition) is 4. The molecule has 7 heteroatoms. The first-order valence-electron chi connectivity index (χ1n) is 6.37. The van der Waals surface area contributed by atoms with Crippen LogP contribution in [0.15, 0.2) is 18.2 Å². The van der Waals surface area contributed by atoms with Crippen LogP contribution in [-0.2, 0) is 10.0 Å². The Hall–Kier alpha value is -1.76. The van der Waals surface area contributed by atoms with Gasteiger partial charge in [0.15, 0.2) is 0 Å². The quantitative estimate of drug-likeness (QED) is 0.868. The smallest absolute Gasteiger partial charge is 0.335 e. The number of nitrogens with one attached hydrogen (secondary N) is 1. The summed E-state index contributed by atoms with van der Waals surface area (Å²) in [6.07, 6.45) is 3.07. The van der Waals surface area contributed by atoms with Gasteiger partial charge in [0.05, 0.1) is 23.6 Å². The van der Waals surface area contributed by atoms with Crippen LogP contribution in [0.3, 0.4) is 0 Å². The summed E-state index contributed by atoms with van der Waals surface area (Å²) in [7, 11) is -2.11. The molecule has 1 aromatic carbocycles. The van der Waals surface area contributed by atoms with E-state index < -0.39 is 21.2 Å². The summed E-state index contributed by atoms with van der Waals surface area (Å²) in [6, 6.07) is 4.08. The van der Waals surface area contributed by atoms with Crippen LogP contribution in [-0.4, -0.2) is 31.9 Å². The van der Waals surface area contributed by atoms with E-state index in [2.05, 4.69) is 4.72 Å². The van der Waals surface area contributed by atoms with Gasteiger partial charge in [-0.25, -0.2) is 13.2 Å². The van der Waals surface area contributed by atoms with Crippen molar-refractivity contribution < 1.29 is 23.1 Å². The van der Waals surface area contributed by atoms with E-state index in [0.29, 0.717) is 18.6 Å². The molecule has 0 atom stereocenters. The van der Waals surface area contributed by atoms with Gasteiger partial charge in [-0.3, -0.25) is 4.72 Å². The number of rotatable bonds is 5. The van der Waals surface area contributed by atoms with Gasteiger partial charge < -0.3 is 9.84 Å². The second-order valence-electron chi connectivity index (χ2n) is 4.77. The van der Waals surface area contributed by atoms with Crippen molar-refractivity contribution in [2.45, 2.75) is 30.9 Å². The van der Waals surface area contributed by atoms with Crippen molar-refractivity contribution in [2.75, 3.05) is 11.8 Å². The summed E-state index contributed by atoms with van der Waals surface area (Å²) >= 11 is 0. The highest BCUT2D eigenvalue weighted by Gasteiger charge is 2.29. The van der Waals surface area contributed by atoms with Gasteiger partial charge in [-0.2, -0.15) is 0 Å². The molecule has 0 bridgehead atoms. The zero-order valence-electron chi connectivity index (χ0n) is 11.1. The monoisotopic (exact) mass is 299 g/mol. The Balaban J connectivity index is 2.31. The van der Waals surface area contributed by atoms with Gasteiger partial charge in [0, 0.05) is 0 Å². The zero-order chi connectivity index (χ0) is 14.8. The van der Waals surface area contributed by atoms with Gasteiger partial charge in [0.2, 0.25) is 10.0 Å². The van der Waals surface area contributed by atoms with E-state index >= 15 is 0 Å². The van der Waals surface area contributed by atoms with Crippen molar-refractivity contribution in [1.82, 2.24) is 0 Å². The molecule has 0 spiro atoms. The second-order valence-corrected chi connectivity index (χ2v) is 6.73. The van der Waals surface area contributed by atoms with Crippen LogP contribution in [0.1, 0.15) is 36.0 Å². The first kappa shape index (κ1) is 14.6. The standard InChI is InChI=1S/C13H17NO5S/c1-19-12-7-6-9(13(15)16)8-11(12)14-20(17,18)10-4-2-3-5-10/h6-8,10,14H,2-5H2,1H3,(H,15,16). The first-order valence-corrected chi connectivity index (χ1v) is 7.91. The van der Waals surface area contributed by atoms with Crippen LogP contribution < -0.4 is 9.46 Å². The van der Waals surface area contributed by atoms with Crippen LogP contribution in [0.5, 0.6) is 5.75 Å². The van der Waals surface area contributed by atoms with Crippen molar-refractivity contribution in [1.29, 1.82) is 0 Å². The Labute approximate surface area is 117 Å². The number of carbonyl (C=O) groups is 1. The van der Waals surface area contributed by atoms with Gasteiger partial charge in [-0.15, -0.1) is 0 Å². The molecule has 2 N–H and O–H groups in total. The summed E-state index contributed by atoms with van der Waals surface area (Å²) in [5.74, 6) is -0.814. The highest BCUT2D eigenvalue weighted by Crippen LogP contribution is 2.30. The molecule has 0 unspecified atom stereocenters. The molecule has 1 aliphatic carbocycles. The van der Waals surface area contributed by atoms with Gasteiger partial charge in [0.1, 0.15) is 5.75 Å². The number of carboxylic acid groups (broad SMARTS) is 1. The van der Waals surface area contributed by atoms with Crippen LogP contribution >= 0.6 is 0 Å². The predicted molar refractivity (Wildman–Crippen MR) is 74.8 cm³/mol. The SMILES string of the molecule is COc1ccc(C(=O)O)cc1NS(=O)(=O)C1CCCC1. The first-order chi connectivity index (χ1) is 9.44. The Morgan fingerprint density at radius 3 is 2.55 bits per heavy atom. The molecule has 0 radical (unpaired) electrons. The number of hydrogen-bond donors (Lipinski definition) is 2. The predicted octanol–water partition coefficient (Wildman–Crippen LogP) is 2.08. The third-order valence-electron chi connectivity index (χ3n) is 3.44. The Morgan fingerprint density at radius 2 is 2.00 bits per heavy atom. The largest absolute Gasteiger partial charge is 0.495 e. The summed E-state index contributed by atoms with van der Waals surface area (Å²) in [5, 5.41) is 8.55. The Morgan fingerprint density at radius 1 is 1.35 bits per heavy atom. The fraction of sp³-hybridized carbons (Fsp3) is 0.462. The maximum absolute atomic E-state index is 12.2. The molecule has 1 aliphatic rings. The average Bonchev–Trinajstić information content (AvgIpc) is 2.92. The molecule has 2 rings (SSSR count). The highest BCUT2D eigenvalue weighted by atomic mass is 32.2. The summed E-state index contributed by atoms with van der Waals surface area (Å²) in [6.45, 7) is 0. The van der Waals surface area contributed by atoms with Crippen LogP contribution in [0, 0.1) is 0 Å². The number of methoxy groups -OCH3 is 1. The molecule has 6 nitrogen and oxygen atoms in total. The zero-order valence-corrected chi connectivity index (χ0v) is 11.9. The summed E-state index contributed by atoms with van der Waals surface area (Å²) in [4.78, 5) is 11.0. The number of benzene rings is 1. The Kier molecular flexibility index (Phi) is 4.17. The lowest BCUT2D eigenvalue weighted by Gasteiger charge is -2.16. The van der Waals surface area contributed by atoms with Crippen molar-refractivity contribution in [3.63, 3.8) is 0 Å². The summed E-state index contributed by atoms with van der Waals surface area (Å²) < 4.78 is 32.0. The van der Waals surface area contributed by atoms with Crippen LogP contribution in [0.4, 0.5) is 5.69 Å². The average molecular weight is 299 g/mol. The van der Waals surface area contributed by atoms with Crippen molar-refractivity contribution >= 4 is 21.7 Å². The van der Waals surface area contributed by atoms with Crippen LogP contribution in [0.25, 0.3) is 0 Å². The molecule has 0 aliphatic heterocycles. The van der Waals surface area contributed by atoms with Gasteiger partial charge >= 0.3 is 5.97 Å². The number of anilines is 1. The second kappa shape index (κ2) is 5.70. The number of ether oxygens (including phenoxy) is 1. The summed E-state index contributed by atoms with van der Waals surface area (Å²) in [5.41, 5.74) is 0.175. The minimum atomic E-state index is -3.51. The fourth-order valence-corrected chi connectivity index (χ4v) is 3.94. The molecule has 1 fully saturated rings. The van der Waals surface area contributed by atoms with Gasteiger partial charge in [0.25, 0.3) is 0 Å². The molecule has 0 heterocycles. The van der Waals surface area contributed by atoms with Gasteiger partial charge in [-0.1, -0.05) is 12.8 Å². The molecule has 0 amide bonds. The maximum Gasteiger partial charge on any atom is 0.335 e. The van der Waals surface area contributed by atoms with Crippen LogP contribution in [0.2, 0.25) is 0 Å². The minimum Gasteiger partial charge on any atom is -0.495 e. The normalized spacial score (nSPS) is 16.1. The van der Waals surface area contributed by atoms with E-state index in [1.807, 2.05) is 0 Å². The third-order valence-corrected chi connectivity index (χ3v) is 5.29. The third kappa shape index (κ3) is 3.04. The van der Waals surface area contributed by atoms with Crippen molar-refractivity contribution in [3.8, 4) is 5.75 Å². The molecule has 0 saturated heterocycles. The number of sulfonamides is 1. The molecule has 0 aromatic heterocycles. The van der Waals surface area contributed by atoms with E-state index in [9.17, 15) is 13.2 Å². The maximum atomic E-state index is 12.2. The lowest BCUT2D eigenvalue weighted by Crippen LogP contribution is -2.25. The molecule has 20 heavy (non-hydrogen) atoms. The van der Waals surface area contributed by atoms with E-state index in [4.69, 9.17) is 9.84 Å². The van der Waals surface area contributed by atoms with Crippen molar-refractivity contribution in [2.24, 2.45) is 0 Å². The Bertz CT molecular complexity index is 605. The van der Waals surface area contributed by atoms with E-state index in [0.717, 1.165) is 12.8 Å². The number of aromatic carboxylic acids is 1. The topological polar surface area (TPSA) is 92.7 Å².